The highest BCUT2D eigenvalue weighted by Gasteiger charge is 2.04. The van der Waals surface area contributed by atoms with Crippen LogP contribution < -0.4 is 16.0 Å². The van der Waals surface area contributed by atoms with Gasteiger partial charge in [0.25, 0.3) is 0 Å². The molecule has 96 valence electrons. The number of nitrogens with one attached hydrogen (secondary N) is 3. The quantitative estimate of drug-likeness (QED) is 0.625. The lowest BCUT2D eigenvalue weighted by molar-refractivity contribution is 0.194. The van der Waals surface area contributed by atoms with Crippen LogP contribution in [0.25, 0.3) is 0 Å². The maximum absolute atomic E-state index is 10.4. The zero-order valence-electron chi connectivity index (χ0n) is 9.94. The number of hydrogen-bond acceptors (Lipinski definition) is 4. The van der Waals surface area contributed by atoms with Crippen molar-refractivity contribution in [3.63, 3.8) is 0 Å². The second-order valence-electron chi connectivity index (χ2n) is 3.99. The fourth-order valence-electron chi connectivity index (χ4n) is 1.73. The molecule has 1 heterocycles. The standard InChI is InChI=1S/C12H16N4O2/c17-12(18)16-8-10-3-1-2-9(6-10)7-15-11-13-4-5-14-11/h1-3,6,16H,4-5,7-8H2,(H,17,18)(H2,13,14,15). The molecule has 6 heteroatoms. The van der Waals surface area contributed by atoms with Crippen LogP contribution in [0.4, 0.5) is 4.79 Å². The fourth-order valence-corrected chi connectivity index (χ4v) is 1.73. The van der Waals surface area contributed by atoms with Crippen molar-refractivity contribution in [3.8, 4) is 0 Å². The predicted molar refractivity (Wildman–Crippen MR) is 68.5 cm³/mol. The first-order chi connectivity index (χ1) is 8.74. The van der Waals surface area contributed by atoms with Gasteiger partial charge < -0.3 is 21.1 Å². The summed E-state index contributed by atoms with van der Waals surface area (Å²) in [5.41, 5.74) is 2.04. The molecule has 1 aliphatic heterocycles. The molecule has 0 saturated heterocycles. The zero-order valence-corrected chi connectivity index (χ0v) is 9.94. The number of benzene rings is 1. The summed E-state index contributed by atoms with van der Waals surface area (Å²) in [6, 6.07) is 7.77. The van der Waals surface area contributed by atoms with Crippen molar-refractivity contribution < 1.29 is 9.90 Å². The van der Waals surface area contributed by atoms with Gasteiger partial charge in [0, 0.05) is 19.6 Å². The van der Waals surface area contributed by atoms with Crippen LogP contribution in [-0.2, 0) is 13.1 Å². The lowest BCUT2D eigenvalue weighted by Crippen LogP contribution is -2.33. The first kappa shape index (κ1) is 12.2. The van der Waals surface area contributed by atoms with E-state index in [1.54, 1.807) is 0 Å². The predicted octanol–water partition coefficient (Wildman–Crippen LogP) is 0.503. The third-order valence-electron chi connectivity index (χ3n) is 2.57. The number of carboxylic acid groups (broad SMARTS) is 1. The minimum atomic E-state index is -1.01. The van der Waals surface area contributed by atoms with Gasteiger partial charge in [0.2, 0.25) is 0 Å². The van der Waals surface area contributed by atoms with Crippen molar-refractivity contribution in [2.75, 3.05) is 13.1 Å². The highest BCUT2D eigenvalue weighted by molar-refractivity contribution is 5.81. The number of amides is 1. The third kappa shape index (κ3) is 3.65. The second-order valence-corrected chi connectivity index (χ2v) is 3.99. The van der Waals surface area contributed by atoms with Crippen LogP contribution in [0.15, 0.2) is 29.3 Å². The Kier molecular flexibility index (Phi) is 4.01. The van der Waals surface area contributed by atoms with E-state index in [4.69, 9.17) is 5.11 Å². The number of guanidine groups is 1. The van der Waals surface area contributed by atoms with Gasteiger partial charge in [-0.3, -0.25) is 4.99 Å². The van der Waals surface area contributed by atoms with Gasteiger partial charge in [0.05, 0.1) is 6.54 Å². The van der Waals surface area contributed by atoms with E-state index in [0.29, 0.717) is 13.1 Å². The summed E-state index contributed by atoms with van der Waals surface area (Å²) in [5.74, 6) is 0.823. The smallest absolute Gasteiger partial charge is 0.404 e. The van der Waals surface area contributed by atoms with Crippen molar-refractivity contribution in [3.05, 3.63) is 35.4 Å². The maximum atomic E-state index is 10.4. The van der Waals surface area contributed by atoms with Crippen LogP contribution in [0.5, 0.6) is 0 Å². The minimum absolute atomic E-state index is 0.322. The van der Waals surface area contributed by atoms with Gasteiger partial charge >= 0.3 is 6.09 Å². The molecule has 18 heavy (non-hydrogen) atoms. The van der Waals surface area contributed by atoms with E-state index in [1.165, 1.54) is 0 Å². The number of aliphatic imine (C=N–C) groups is 1. The van der Waals surface area contributed by atoms with E-state index in [2.05, 4.69) is 20.9 Å². The van der Waals surface area contributed by atoms with Crippen molar-refractivity contribution in [1.29, 1.82) is 0 Å². The summed E-state index contributed by atoms with van der Waals surface area (Å²) < 4.78 is 0. The Labute approximate surface area is 105 Å². The zero-order chi connectivity index (χ0) is 12.8. The van der Waals surface area contributed by atoms with Crippen molar-refractivity contribution >= 4 is 12.1 Å². The molecule has 4 N–H and O–H groups in total. The summed E-state index contributed by atoms with van der Waals surface area (Å²) in [7, 11) is 0. The Bertz CT molecular complexity index is 459. The van der Waals surface area contributed by atoms with E-state index in [-0.39, 0.29) is 0 Å². The van der Waals surface area contributed by atoms with Gasteiger partial charge in [-0.15, -0.1) is 0 Å². The molecule has 1 aromatic rings. The summed E-state index contributed by atoms with van der Waals surface area (Å²) in [4.78, 5) is 14.6. The molecule has 0 bridgehead atoms. The topological polar surface area (TPSA) is 85.8 Å². The normalized spacial score (nSPS) is 13.7. The number of rotatable bonds is 4. The molecule has 0 saturated carbocycles. The van der Waals surface area contributed by atoms with Crippen LogP contribution in [0.3, 0.4) is 0 Å². The Morgan fingerprint density at radius 1 is 1.39 bits per heavy atom. The Hall–Kier alpha value is -2.24. The number of hydrogen-bond donors (Lipinski definition) is 4. The first-order valence-electron chi connectivity index (χ1n) is 5.81. The van der Waals surface area contributed by atoms with Crippen LogP contribution >= 0.6 is 0 Å². The molecule has 0 spiro atoms. The number of carbonyl (C=O) groups is 1. The Morgan fingerprint density at radius 2 is 2.17 bits per heavy atom. The van der Waals surface area contributed by atoms with Crippen molar-refractivity contribution in [2.45, 2.75) is 13.1 Å². The molecule has 0 fully saturated rings. The molecule has 0 radical (unpaired) electrons. The van der Waals surface area contributed by atoms with Crippen LogP contribution in [0.1, 0.15) is 11.1 Å². The molecular weight excluding hydrogens is 232 g/mol. The van der Waals surface area contributed by atoms with E-state index in [9.17, 15) is 4.79 Å². The highest BCUT2D eigenvalue weighted by Crippen LogP contribution is 2.05. The largest absolute Gasteiger partial charge is 0.465 e. The number of nitrogens with zero attached hydrogens (tertiary/aromatic N) is 1. The molecule has 6 nitrogen and oxygen atoms in total. The van der Waals surface area contributed by atoms with E-state index >= 15 is 0 Å². The molecular formula is C12H16N4O2. The summed E-state index contributed by atoms with van der Waals surface area (Å²) in [6.07, 6.45) is -1.01. The fraction of sp³-hybridized carbons (Fsp3) is 0.333. The van der Waals surface area contributed by atoms with Gasteiger partial charge in [0.1, 0.15) is 0 Å². The van der Waals surface area contributed by atoms with E-state index < -0.39 is 6.09 Å². The van der Waals surface area contributed by atoms with Gasteiger partial charge in [0.15, 0.2) is 5.96 Å². The van der Waals surface area contributed by atoms with E-state index in [0.717, 1.165) is 30.2 Å². The Morgan fingerprint density at radius 3 is 2.83 bits per heavy atom. The van der Waals surface area contributed by atoms with Gasteiger partial charge in [-0.25, -0.2) is 4.79 Å². The second kappa shape index (κ2) is 5.90. The average Bonchev–Trinajstić information content (AvgIpc) is 2.87. The molecule has 0 aromatic heterocycles. The van der Waals surface area contributed by atoms with Crippen LogP contribution in [0.2, 0.25) is 0 Å². The molecule has 1 aromatic carbocycles. The Balaban J connectivity index is 1.88. The van der Waals surface area contributed by atoms with E-state index in [1.807, 2.05) is 24.3 Å². The summed E-state index contributed by atoms with van der Waals surface area (Å²) >= 11 is 0. The van der Waals surface area contributed by atoms with Crippen molar-refractivity contribution in [1.82, 2.24) is 16.0 Å². The SMILES string of the molecule is O=C(O)NCc1cccc(CNC2=NCCN2)c1. The lowest BCUT2D eigenvalue weighted by Gasteiger charge is -2.08. The van der Waals surface area contributed by atoms with Gasteiger partial charge in [-0.05, 0) is 11.1 Å². The molecule has 0 aliphatic carbocycles. The third-order valence-corrected chi connectivity index (χ3v) is 2.57. The summed E-state index contributed by atoms with van der Waals surface area (Å²) in [6.45, 7) is 2.69. The van der Waals surface area contributed by atoms with Crippen LogP contribution in [0, 0.1) is 0 Å². The molecule has 0 unspecified atom stereocenters. The summed E-state index contributed by atoms with van der Waals surface area (Å²) in [5, 5.41) is 17.2. The van der Waals surface area contributed by atoms with Gasteiger partial charge in [-0.1, -0.05) is 24.3 Å². The molecule has 2 rings (SSSR count). The maximum Gasteiger partial charge on any atom is 0.404 e. The van der Waals surface area contributed by atoms with Crippen molar-refractivity contribution in [2.24, 2.45) is 4.99 Å². The highest BCUT2D eigenvalue weighted by atomic mass is 16.4. The molecule has 1 amide bonds. The minimum Gasteiger partial charge on any atom is -0.465 e. The molecule has 1 aliphatic rings. The monoisotopic (exact) mass is 248 g/mol. The first-order valence-corrected chi connectivity index (χ1v) is 5.81. The lowest BCUT2D eigenvalue weighted by atomic mass is 10.1. The van der Waals surface area contributed by atoms with Gasteiger partial charge in [-0.2, -0.15) is 0 Å². The van der Waals surface area contributed by atoms with Crippen LogP contribution in [-0.4, -0.2) is 30.2 Å². The average molecular weight is 248 g/mol. The molecule has 0 atom stereocenters.